The summed E-state index contributed by atoms with van der Waals surface area (Å²) in [5, 5.41) is 0. The molecule has 4 nitrogen and oxygen atoms in total. The van der Waals surface area contributed by atoms with E-state index >= 15 is 0 Å². The quantitative estimate of drug-likeness (QED) is 0.784. The Labute approximate surface area is 157 Å². The van der Waals surface area contributed by atoms with Crippen molar-refractivity contribution < 1.29 is 9.53 Å². The van der Waals surface area contributed by atoms with Crippen LogP contribution in [0.3, 0.4) is 0 Å². The van der Waals surface area contributed by atoms with Gasteiger partial charge in [0.2, 0.25) is 5.91 Å². The predicted molar refractivity (Wildman–Crippen MR) is 103 cm³/mol. The van der Waals surface area contributed by atoms with Crippen LogP contribution in [0.25, 0.3) is 0 Å². The summed E-state index contributed by atoms with van der Waals surface area (Å²) in [5.74, 6) is 4.23. The number of amides is 1. The number of piperidine rings is 1. The van der Waals surface area contributed by atoms with Crippen molar-refractivity contribution >= 4 is 5.91 Å². The van der Waals surface area contributed by atoms with Crippen LogP contribution in [-0.2, 0) is 4.79 Å². The number of carbonyl (C=O) groups excluding carboxylic acids is 1. The van der Waals surface area contributed by atoms with Crippen LogP contribution < -0.4 is 4.74 Å². The van der Waals surface area contributed by atoms with Gasteiger partial charge in [0.25, 0.3) is 0 Å². The highest BCUT2D eigenvalue weighted by atomic mass is 16.5. The Balaban J connectivity index is 1.37. The third-order valence-electron chi connectivity index (χ3n) is 6.58. The van der Waals surface area contributed by atoms with Gasteiger partial charge in [-0.1, -0.05) is 18.2 Å². The predicted octanol–water partition coefficient (Wildman–Crippen LogP) is 3.28. The second-order valence-electron chi connectivity index (χ2n) is 8.55. The molecule has 1 saturated carbocycles. The third kappa shape index (κ3) is 4.40. The normalized spacial score (nSPS) is 27.7. The summed E-state index contributed by atoms with van der Waals surface area (Å²) in [5.41, 5.74) is 0. The molecule has 2 heterocycles. The van der Waals surface area contributed by atoms with Crippen LogP contribution in [0, 0.1) is 23.7 Å². The molecule has 4 heteroatoms. The maximum absolute atomic E-state index is 11.6. The molecule has 26 heavy (non-hydrogen) atoms. The van der Waals surface area contributed by atoms with Gasteiger partial charge >= 0.3 is 0 Å². The Morgan fingerprint density at radius 2 is 1.81 bits per heavy atom. The van der Waals surface area contributed by atoms with E-state index in [0.717, 1.165) is 50.1 Å². The summed E-state index contributed by atoms with van der Waals surface area (Å²) in [6.07, 6.45) is 5.15. The lowest BCUT2D eigenvalue weighted by Crippen LogP contribution is -2.40. The number of ether oxygens (including phenoxy) is 1. The molecular weight excluding hydrogens is 324 g/mol. The molecule has 2 atom stereocenters. The topological polar surface area (TPSA) is 32.8 Å². The maximum atomic E-state index is 11.6. The average molecular weight is 357 g/mol. The van der Waals surface area contributed by atoms with Crippen LogP contribution in [0.15, 0.2) is 30.3 Å². The summed E-state index contributed by atoms with van der Waals surface area (Å²) in [6, 6.07) is 10.2. The second-order valence-corrected chi connectivity index (χ2v) is 8.55. The van der Waals surface area contributed by atoms with Crippen molar-refractivity contribution in [3.05, 3.63) is 30.3 Å². The standard InChI is InChI=1S/C22H32N2O2/c1-17(25)24-11-9-19(10-12-24)22-15-23(13-18-7-8-18)14-20(22)16-26-21-5-3-2-4-6-21/h2-6,18-20,22H,7-16H2,1H3/t20-,22-/m0/s1. The number of carbonyl (C=O) groups is 1. The second kappa shape index (κ2) is 7.99. The molecule has 0 radical (unpaired) electrons. The fraction of sp³-hybridized carbons (Fsp3) is 0.682. The highest BCUT2D eigenvalue weighted by molar-refractivity contribution is 5.73. The van der Waals surface area contributed by atoms with Gasteiger partial charge in [-0.2, -0.15) is 0 Å². The summed E-state index contributed by atoms with van der Waals surface area (Å²) in [4.78, 5) is 16.3. The number of hydrogen-bond acceptors (Lipinski definition) is 3. The number of benzene rings is 1. The maximum Gasteiger partial charge on any atom is 0.219 e. The Kier molecular flexibility index (Phi) is 5.49. The molecule has 3 fully saturated rings. The van der Waals surface area contributed by atoms with E-state index in [9.17, 15) is 4.79 Å². The van der Waals surface area contributed by atoms with Gasteiger partial charge < -0.3 is 14.5 Å². The first-order valence-corrected chi connectivity index (χ1v) is 10.3. The van der Waals surface area contributed by atoms with Crippen LogP contribution in [-0.4, -0.2) is 55.0 Å². The molecule has 3 aliphatic rings. The lowest BCUT2D eigenvalue weighted by Gasteiger charge is -2.36. The van der Waals surface area contributed by atoms with E-state index in [1.54, 1.807) is 6.92 Å². The van der Waals surface area contributed by atoms with E-state index in [-0.39, 0.29) is 5.91 Å². The molecular formula is C22H32N2O2. The Hall–Kier alpha value is -1.55. The fourth-order valence-electron chi connectivity index (χ4n) is 4.88. The zero-order chi connectivity index (χ0) is 17.9. The molecule has 1 amide bonds. The van der Waals surface area contributed by atoms with E-state index in [1.165, 1.54) is 32.5 Å². The van der Waals surface area contributed by atoms with E-state index in [1.807, 2.05) is 23.1 Å². The van der Waals surface area contributed by atoms with Gasteiger partial charge in [-0.15, -0.1) is 0 Å². The SMILES string of the molecule is CC(=O)N1CCC([C@@H]2CN(CC3CC3)C[C@H]2COc2ccccc2)CC1. The van der Waals surface area contributed by atoms with E-state index in [2.05, 4.69) is 17.0 Å². The van der Waals surface area contributed by atoms with Crippen molar-refractivity contribution in [3.63, 3.8) is 0 Å². The Morgan fingerprint density at radius 1 is 1.08 bits per heavy atom. The van der Waals surface area contributed by atoms with Crippen LogP contribution in [0.1, 0.15) is 32.6 Å². The van der Waals surface area contributed by atoms with Crippen LogP contribution in [0.4, 0.5) is 0 Å². The summed E-state index contributed by atoms with van der Waals surface area (Å²) in [6.45, 7) is 8.08. The molecule has 2 aliphatic heterocycles. The Bertz CT molecular complexity index is 593. The van der Waals surface area contributed by atoms with Gasteiger partial charge in [-0.25, -0.2) is 0 Å². The van der Waals surface area contributed by atoms with Gasteiger partial charge in [0, 0.05) is 45.6 Å². The van der Waals surface area contributed by atoms with Crippen molar-refractivity contribution in [2.45, 2.75) is 32.6 Å². The van der Waals surface area contributed by atoms with E-state index in [4.69, 9.17) is 4.74 Å². The minimum Gasteiger partial charge on any atom is -0.493 e. The first-order chi connectivity index (χ1) is 12.7. The van der Waals surface area contributed by atoms with Gasteiger partial charge in [0.1, 0.15) is 5.75 Å². The number of rotatable bonds is 6. The molecule has 0 aromatic heterocycles. The molecule has 1 aromatic carbocycles. The Morgan fingerprint density at radius 3 is 2.46 bits per heavy atom. The first-order valence-electron chi connectivity index (χ1n) is 10.3. The molecule has 0 bridgehead atoms. The number of para-hydroxylation sites is 1. The minimum absolute atomic E-state index is 0.231. The van der Waals surface area contributed by atoms with Crippen LogP contribution in [0.2, 0.25) is 0 Å². The molecule has 4 rings (SSSR count). The molecule has 0 spiro atoms. The monoisotopic (exact) mass is 356 g/mol. The molecule has 0 N–H and O–H groups in total. The van der Waals surface area contributed by atoms with E-state index in [0.29, 0.717) is 11.8 Å². The zero-order valence-corrected chi connectivity index (χ0v) is 16.0. The van der Waals surface area contributed by atoms with Crippen molar-refractivity contribution in [2.75, 3.05) is 39.3 Å². The van der Waals surface area contributed by atoms with Gasteiger partial charge in [-0.05, 0) is 55.6 Å². The van der Waals surface area contributed by atoms with Crippen molar-refractivity contribution in [1.82, 2.24) is 9.80 Å². The smallest absolute Gasteiger partial charge is 0.219 e. The lowest BCUT2D eigenvalue weighted by atomic mass is 9.78. The lowest BCUT2D eigenvalue weighted by molar-refractivity contribution is -0.130. The largest absolute Gasteiger partial charge is 0.493 e. The molecule has 2 saturated heterocycles. The van der Waals surface area contributed by atoms with Crippen molar-refractivity contribution in [1.29, 1.82) is 0 Å². The summed E-state index contributed by atoms with van der Waals surface area (Å²) >= 11 is 0. The minimum atomic E-state index is 0.231. The molecule has 142 valence electrons. The number of hydrogen-bond donors (Lipinski definition) is 0. The average Bonchev–Trinajstić information content (AvgIpc) is 3.39. The van der Waals surface area contributed by atoms with Gasteiger partial charge in [-0.3, -0.25) is 4.79 Å². The fourth-order valence-corrected chi connectivity index (χ4v) is 4.88. The third-order valence-corrected chi connectivity index (χ3v) is 6.58. The van der Waals surface area contributed by atoms with Gasteiger partial charge in [0.15, 0.2) is 0 Å². The highest BCUT2D eigenvalue weighted by Crippen LogP contribution is 2.38. The molecule has 1 aromatic rings. The number of likely N-dealkylation sites (tertiary alicyclic amines) is 2. The molecule has 1 aliphatic carbocycles. The number of nitrogens with zero attached hydrogens (tertiary/aromatic N) is 2. The summed E-state index contributed by atoms with van der Waals surface area (Å²) < 4.78 is 6.15. The highest BCUT2D eigenvalue weighted by Gasteiger charge is 2.40. The van der Waals surface area contributed by atoms with Crippen LogP contribution >= 0.6 is 0 Å². The van der Waals surface area contributed by atoms with Crippen LogP contribution in [0.5, 0.6) is 5.75 Å². The van der Waals surface area contributed by atoms with Gasteiger partial charge in [0.05, 0.1) is 6.61 Å². The van der Waals surface area contributed by atoms with E-state index < -0.39 is 0 Å². The van der Waals surface area contributed by atoms with Crippen molar-refractivity contribution in [3.8, 4) is 5.75 Å². The van der Waals surface area contributed by atoms with Crippen molar-refractivity contribution in [2.24, 2.45) is 23.7 Å². The molecule has 0 unspecified atom stereocenters. The zero-order valence-electron chi connectivity index (χ0n) is 16.0. The summed E-state index contributed by atoms with van der Waals surface area (Å²) in [7, 11) is 0. The first kappa shape index (κ1) is 17.8.